The molecule has 0 radical (unpaired) electrons. The lowest BCUT2D eigenvalue weighted by Crippen LogP contribution is -2.12. The fourth-order valence-electron chi connectivity index (χ4n) is 2.25. The fraction of sp³-hybridized carbons (Fsp3) is 0.176. The lowest BCUT2D eigenvalue weighted by molar-refractivity contribution is 0.0689. The highest BCUT2D eigenvalue weighted by Crippen LogP contribution is 2.30. The number of carboxylic acid groups (broad SMARTS) is 1. The smallest absolute Gasteiger partial charge is 0.340 e. The van der Waals surface area contributed by atoms with E-state index in [1.54, 1.807) is 18.2 Å². The van der Waals surface area contributed by atoms with E-state index in [0.717, 1.165) is 0 Å². The second-order valence-corrected chi connectivity index (χ2v) is 4.58. The minimum absolute atomic E-state index is 0.0170. The van der Waals surface area contributed by atoms with Gasteiger partial charge in [-0.3, -0.25) is 4.79 Å². The Morgan fingerprint density at radius 1 is 0.870 bits per heavy atom. The summed E-state index contributed by atoms with van der Waals surface area (Å²) in [6.07, 6.45) is 0. The third kappa shape index (κ3) is 3.11. The van der Waals surface area contributed by atoms with Crippen LogP contribution in [0.4, 0.5) is 0 Å². The van der Waals surface area contributed by atoms with Crippen LogP contribution in [-0.4, -0.2) is 38.2 Å². The first-order valence-electron chi connectivity index (χ1n) is 6.70. The molecule has 0 saturated carbocycles. The molecule has 0 unspecified atom stereocenters. The molecule has 0 aliphatic rings. The monoisotopic (exact) mass is 316 g/mol. The molecule has 1 N–H and O–H groups in total. The second-order valence-electron chi connectivity index (χ2n) is 4.58. The normalized spacial score (nSPS) is 10.0. The summed E-state index contributed by atoms with van der Waals surface area (Å²) in [7, 11) is 4.26. The number of benzene rings is 2. The van der Waals surface area contributed by atoms with Crippen LogP contribution in [0.3, 0.4) is 0 Å². The molecular weight excluding hydrogens is 300 g/mol. The number of methoxy groups -OCH3 is 3. The van der Waals surface area contributed by atoms with Crippen LogP contribution in [0, 0.1) is 0 Å². The molecule has 0 fully saturated rings. The second kappa shape index (κ2) is 6.83. The van der Waals surface area contributed by atoms with Crippen LogP contribution < -0.4 is 14.2 Å². The number of hydrogen-bond donors (Lipinski definition) is 1. The van der Waals surface area contributed by atoms with Gasteiger partial charge in [-0.15, -0.1) is 0 Å². The quantitative estimate of drug-likeness (QED) is 0.825. The molecule has 0 aromatic heterocycles. The third-order valence-corrected chi connectivity index (χ3v) is 3.36. The lowest BCUT2D eigenvalue weighted by atomic mass is 9.96. The van der Waals surface area contributed by atoms with Crippen molar-refractivity contribution in [2.45, 2.75) is 0 Å². The zero-order valence-electron chi connectivity index (χ0n) is 13.0. The highest BCUT2D eigenvalue weighted by atomic mass is 16.5. The van der Waals surface area contributed by atoms with Crippen molar-refractivity contribution in [2.24, 2.45) is 0 Å². The minimum Gasteiger partial charge on any atom is -0.497 e. The Bertz CT molecular complexity index is 751. The Labute approximate surface area is 133 Å². The van der Waals surface area contributed by atoms with E-state index in [0.29, 0.717) is 11.5 Å². The number of ether oxygens (including phenoxy) is 3. The molecule has 2 aromatic rings. The van der Waals surface area contributed by atoms with Crippen molar-refractivity contribution in [2.75, 3.05) is 21.3 Å². The van der Waals surface area contributed by atoms with Gasteiger partial charge in [0.1, 0.15) is 22.8 Å². The molecule has 6 heteroatoms. The molecule has 0 atom stereocenters. The maximum atomic E-state index is 12.8. The molecule has 6 nitrogen and oxygen atoms in total. The number of carbonyl (C=O) groups excluding carboxylic acids is 1. The number of rotatable bonds is 6. The van der Waals surface area contributed by atoms with Crippen LogP contribution in [0.15, 0.2) is 36.4 Å². The minimum atomic E-state index is -1.24. The summed E-state index contributed by atoms with van der Waals surface area (Å²) < 4.78 is 15.3. The van der Waals surface area contributed by atoms with Gasteiger partial charge in [-0.05, 0) is 30.3 Å². The SMILES string of the molecule is COc1ccc(OC)c(C(=O)c2cccc(OC)c2C(=O)O)c1. The van der Waals surface area contributed by atoms with Gasteiger partial charge in [0.05, 0.1) is 26.9 Å². The van der Waals surface area contributed by atoms with Gasteiger partial charge in [0, 0.05) is 5.56 Å². The molecule has 2 rings (SSSR count). The van der Waals surface area contributed by atoms with Gasteiger partial charge in [0.25, 0.3) is 0 Å². The molecule has 0 spiro atoms. The van der Waals surface area contributed by atoms with E-state index in [1.165, 1.54) is 39.5 Å². The highest BCUT2D eigenvalue weighted by molar-refractivity contribution is 6.16. The van der Waals surface area contributed by atoms with Crippen molar-refractivity contribution >= 4 is 11.8 Å². The molecule has 2 aromatic carbocycles. The largest absolute Gasteiger partial charge is 0.497 e. The van der Waals surface area contributed by atoms with Crippen LogP contribution in [0.1, 0.15) is 26.3 Å². The Kier molecular flexibility index (Phi) is 4.85. The van der Waals surface area contributed by atoms with Crippen molar-refractivity contribution in [3.8, 4) is 17.2 Å². The molecule has 0 aliphatic heterocycles. The van der Waals surface area contributed by atoms with Gasteiger partial charge in [-0.2, -0.15) is 0 Å². The summed E-state index contributed by atoms with van der Waals surface area (Å²) in [6.45, 7) is 0. The molecular formula is C17H16O6. The first-order chi connectivity index (χ1) is 11.0. The van der Waals surface area contributed by atoms with Crippen molar-refractivity contribution < 1.29 is 28.9 Å². The highest BCUT2D eigenvalue weighted by Gasteiger charge is 2.24. The molecule has 120 valence electrons. The molecule has 23 heavy (non-hydrogen) atoms. The molecule has 0 bridgehead atoms. The van der Waals surface area contributed by atoms with Crippen molar-refractivity contribution in [1.29, 1.82) is 0 Å². The number of carboxylic acids is 1. The van der Waals surface area contributed by atoms with Gasteiger partial charge in [0.2, 0.25) is 0 Å². The third-order valence-electron chi connectivity index (χ3n) is 3.36. The van der Waals surface area contributed by atoms with E-state index in [-0.39, 0.29) is 22.4 Å². The molecule has 0 aliphatic carbocycles. The standard InChI is InChI=1S/C17H16O6/c1-21-10-7-8-13(22-2)12(9-10)16(18)11-5-4-6-14(23-3)15(11)17(19)20/h4-9H,1-3H3,(H,19,20). The Hall–Kier alpha value is -3.02. The predicted molar refractivity (Wildman–Crippen MR) is 82.9 cm³/mol. The topological polar surface area (TPSA) is 82.1 Å². The van der Waals surface area contributed by atoms with Crippen LogP contribution in [-0.2, 0) is 0 Å². The van der Waals surface area contributed by atoms with E-state index in [1.807, 2.05) is 0 Å². The van der Waals surface area contributed by atoms with Gasteiger partial charge in [0.15, 0.2) is 5.78 Å². The summed E-state index contributed by atoms with van der Waals surface area (Å²) in [5.74, 6) is -0.821. The maximum absolute atomic E-state index is 12.8. The van der Waals surface area contributed by atoms with Gasteiger partial charge < -0.3 is 19.3 Å². The number of aromatic carboxylic acids is 1. The van der Waals surface area contributed by atoms with Crippen molar-refractivity contribution in [3.63, 3.8) is 0 Å². The number of ketones is 1. The Balaban J connectivity index is 2.64. The average Bonchev–Trinajstić information content (AvgIpc) is 2.59. The van der Waals surface area contributed by atoms with Gasteiger partial charge in [-0.1, -0.05) is 6.07 Å². The van der Waals surface area contributed by atoms with Crippen molar-refractivity contribution in [3.05, 3.63) is 53.1 Å². The lowest BCUT2D eigenvalue weighted by Gasteiger charge is -2.13. The summed E-state index contributed by atoms with van der Waals surface area (Å²) >= 11 is 0. The molecule has 0 amide bonds. The van der Waals surface area contributed by atoms with Crippen LogP contribution in [0.2, 0.25) is 0 Å². The Morgan fingerprint density at radius 2 is 1.57 bits per heavy atom. The molecule has 0 heterocycles. The molecule has 0 saturated heterocycles. The van der Waals surface area contributed by atoms with E-state index < -0.39 is 11.8 Å². The summed E-state index contributed by atoms with van der Waals surface area (Å²) in [5.41, 5.74) is 0.0379. The van der Waals surface area contributed by atoms with E-state index >= 15 is 0 Å². The van der Waals surface area contributed by atoms with E-state index in [9.17, 15) is 14.7 Å². The van der Waals surface area contributed by atoms with Crippen molar-refractivity contribution in [1.82, 2.24) is 0 Å². The van der Waals surface area contributed by atoms with Crippen LogP contribution in [0.25, 0.3) is 0 Å². The fourth-order valence-corrected chi connectivity index (χ4v) is 2.25. The van der Waals surface area contributed by atoms with Gasteiger partial charge in [-0.25, -0.2) is 4.79 Å². The van der Waals surface area contributed by atoms with Gasteiger partial charge >= 0.3 is 5.97 Å². The Morgan fingerprint density at radius 3 is 2.13 bits per heavy atom. The first-order valence-corrected chi connectivity index (χ1v) is 6.70. The maximum Gasteiger partial charge on any atom is 0.340 e. The van der Waals surface area contributed by atoms with Crippen LogP contribution in [0.5, 0.6) is 17.2 Å². The zero-order chi connectivity index (χ0) is 17.0. The summed E-state index contributed by atoms with van der Waals surface area (Å²) in [4.78, 5) is 24.4. The summed E-state index contributed by atoms with van der Waals surface area (Å²) in [5, 5.41) is 9.41. The zero-order valence-corrected chi connectivity index (χ0v) is 13.0. The predicted octanol–water partition coefficient (Wildman–Crippen LogP) is 2.64. The van der Waals surface area contributed by atoms with E-state index in [4.69, 9.17) is 14.2 Å². The number of carbonyl (C=O) groups is 2. The average molecular weight is 316 g/mol. The first kappa shape index (κ1) is 16.4. The van der Waals surface area contributed by atoms with Crippen LogP contribution >= 0.6 is 0 Å². The number of hydrogen-bond acceptors (Lipinski definition) is 5. The summed E-state index contributed by atoms with van der Waals surface area (Å²) in [6, 6.07) is 9.24. The van der Waals surface area contributed by atoms with E-state index in [2.05, 4.69) is 0 Å².